The molecular formula is C14H25NO2Si. The Hall–Kier alpha value is -0.683. The Balaban J connectivity index is 2.89. The second-order valence-electron chi connectivity index (χ2n) is 4.23. The maximum atomic E-state index is 6.08. The fraction of sp³-hybridized carbons (Fsp3) is 0.571. The Morgan fingerprint density at radius 1 is 1.00 bits per heavy atom. The van der Waals surface area contributed by atoms with Crippen molar-refractivity contribution in [3.8, 4) is 0 Å². The molecular weight excluding hydrogens is 242 g/mol. The van der Waals surface area contributed by atoms with Crippen LogP contribution in [0.25, 0.3) is 0 Å². The summed E-state index contributed by atoms with van der Waals surface area (Å²) in [6.07, 6.45) is 2.10. The molecule has 0 unspecified atom stereocenters. The number of rotatable bonds is 9. The molecule has 0 fully saturated rings. The lowest BCUT2D eigenvalue weighted by molar-refractivity contribution is 0.195. The van der Waals surface area contributed by atoms with Crippen molar-refractivity contribution < 1.29 is 8.85 Å². The van der Waals surface area contributed by atoms with E-state index in [-0.39, 0.29) is 0 Å². The lowest BCUT2D eigenvalue weighted by Gasteiger charge is -2.30. The molecule has 0 saturated carbocycles. The van der Waals surface area contributed by atoms with Gasteiger partial charge >= 0.3 is 8.56 Å². The Bertz CT molecular complexity index is 313. The van der Waals surface area contributed by atoms with Gasteiger partial charge in [0.15, 0.2) is 0 Å². The van der Waals surface area contributed by atoms with Crippen LogP contribution in [0.3, 0.4) is 0 Å². The van der Waals surface area contributed by atoms with E-state index < -0.39 is 8.56 Å². The van der Waals surface area contributed by atoms with Gasteiger partial charge in [0.1, 0.15) is 0 Å². The van der Waals surface area contributed by atoms with Crippen molar-refractivity contribution in [2.75, 3.05) is 19.8 Å². The summed E-state index contributed by atoms with van der Waals surface area (Å²) in [6.45, 7) is 6.20. The predicted octanol–water partition coefficient (Wildman–Crippen LogP) is 2.15. The van der Waals surface area contributed by atoms with Crippen LogP contribution in [0.15, 0.2) is 30.3 Å². The van der Waals surface area contributed by atoms with Gasteiger partial charge in [0.05, 0.1) is 0 Å². The van der Waals surface area contributed by atoms with Crippen LogP contribution < -0.4 is 10.9 Å². The molecule has 0 aliphatic rings. The molecule has 0 bridgehead atoms. The minimum atomic E-state index is -2.26. The van der Waals surface area contributed by atoms with Crippen LogP contribution >= 0.6 is 0 Å². The molecule has 1 rings (SSSR count). The van der Waals surface area contributed by atoms with Gasteiger partial charge in [0.25, 0.3) is 0 Å². The fourth-order valence-corrected chi connectivity index (χ4v) is 5.50. The SMILES string of the molecule is CCO[Si](CCCCN)(OCC)c1ccccc1. The second-order valence-corrected chi connectivity index (χ2v) is 7.39. The maximum absolute atomic E-state index is 6.08. The minimum Gasteiger partial charge on any atom is -0.391 e. The lowest BCUT2D eigenvalue weighted by atomic mass is 10.3. The zero-order chi connectivity index (χ0) is 13.3. The quantitative estimate of drug-likeness (QED) is 0.551. The molecule has 1 aromatic carbocycles. The van der Waals surface area contributed by atoms with E-state index in [0.29, 0.717) is 13.2 Å². The molecule has 0 aliphatic carbocycles. The highest BCUT2D eigenvalue weighted by molar-refractivity contribution is 6.81. The largest absolute Gasteiger partial charge is 0.391 e. The van der Waals surface area contributed by atoms with Crippen molar-refractivity contribution in [3.05, 3.63) is 30.3 Å². The smallest absolute Gasteiger partial charge is 0.372 e. The minimum absolute atomic E-state index is 0.698. The molecule has 0 heterocycles. The Labute approximate surface area is 112 Å². The van der Waals surface area contributed by atoms with E-state index in [4.69, 9.17) is 14.6 Å². The summed E-state index contributed by atoms with van der Waals surface area (Å²) in [7, 11) is -2.26. The Morgan fingerprint density at radius 3 is 2.11 bits per heavy atom. The molecule has 18 heavy (non-hydrogen) atoms. The van der Waals surface area contributed by atoms with Crippen LogP contribution in [-0.4, -0.2) is 28.3 Å². The molecule has 4 heteroatoms. The van der Waals surface area contributed by atoms with Crippen molar-refractivity contribution >= 4 is 13.7 Å². The van der Waals surface area contributed by atoms with Crippen molar-refractivity contribution in [3.63, 3.8) is 0 Å². The molecule has 0 aromatic heterocycles. The van der Waals surface area contributed by atoms with Gasteiger partial charge < -0.3 is 14.6 Å². The number of nitrogens with two attached hydrogens (primary N) is 1. The number of benzene rings is 1. The van der Waals surface area contributed by atoms with Crippen molar-refractivity contribution in [1.29, 1.82) is 0 Å². The summed E-state index contributed by atoms with van der Waals surface area (Å²) >= 11 is 0. The Morgan fingerprint density at radius 2 is 1.61 bits per heavy atom. The van der Waals surface area contributed by atoms with Gasteiger partial charge in [-0.3, -0.25) is 0 Å². The number of hydrogen-bond acceptors (Lipinski definition) is 3. The highest BCUT2D eigenvalue weighted by atomic mass is 28.4. The summed E-state index contributed by atoms with van der Waals surface area (Å²) < 4.78 is 12.2. The van der Waals surface area contributed by atoms with Crippen LogP contribution in [-0.2, 0) is 8.85 Å². The topological polar surface area (TPSA) is 44.5 Å². The molecule has 3 nitrogen and oxygen atoms in total. The first-order valence-electron chi connectivity index (χ1n) is 6.82. The van der Waals surface area contributed by atoms with Crippen molar-refractivity contribution in [2.24, 2.45) is 5.73 Å². The first kappa shape index (κ1) is 15.4. The zero-order valence-corrected chi connectivity index (χ0v) is 12.5. The third-order valence-corrected chi connectivity index (χ3v) is 6.66. The molecule has 1 aromatic rings. The lowest BCUT2D eigenvalue weighted by Crippen LogP contribution is -2.53. The summed E-state index contributed by atoms with van der Waals surface area (Å²) in [5.74, 6) is 0. The van der Waals surface area contributed by atoms with E-state index in [9.17, 15) is 0 Å². The molecule has 0 radical (unpaired) electrons. The van der Waals surface area contributed by atoms with Crippen LogP contribution in [0.1, 0.15) is 26.7 Å². The van der Waals surface area contributed by atoms with Gasteiger partial charge in [-0.05, 0) is 44.5 Å². The third-order valence-electron chi connectivity index (χ3n) is 2.93. The Kier molecular flexibility index (Phi) is 7.20. The van der Waals surface area contributed by atoms with Crippen molar-refractivity contribution in [2.45, 2.75) is 32.7 Å². The molecule has 0 saturated heterocycles. The summed E-state index contributed by atoms with van der Waals surface area (Å²) in [4.78, 5) is 0. The van der Waals surface area contributed by atoms with E-state index in [0.717, 1.165) is 25.4 Å². The van der Waals surface area contributed by atoms with Gasteiger partial charge in [0, 0.05) is 13.2 Å². The monoisotopic (exact) mass is 267 g/mol. The summed E-state index contributed by atoms with van der Waals surface area (Å²) in [6, 6.07) is 11.4. The fourth-order valence-electron chi connectivity index (χ4n) is 2.16. The second kappa shape index (κ2) is 8.42. The van der Waals surface area contributed by atoms with Gasteiger partial charge in [-0.1, -0.05) is 30.3 Å². The maximum Gasteiger partial charge on any atom is 0.372 e. The standard InChI is InChI=1S/C14H25NO2Si/c1-3-16-18(17-4-2,13-9-8-12-15)14-10-6-5-7-11-14/h5-7,10-11H,3-4,8-9,12-13,15H2,1-2H3. The van der Waals surface area contributed by atoms with Crippen LogP contribution in [0.4, 0.5) is 0 Å². The average molecular weight is 267 g/mol. The molecule has 102 valence electrons. The van der Waals surface area contributed by atoms with Gasteiger partial charge in [-0.15, -0.1) is 0 Å². The van der Waals surface area contributed by atoms with E-state index >= 15 is 0 Å². The third kappa shape index (κ3) is 4.21. The zero-order valence-electron chi connectivity index (χ0n) is 11.5. The van der Waals surface area contributed by atoms with Crippen LogP contribution in [0.5, 0.6) is 0 Å². The first-order valence-corrected chi connectivity index (χ1v) is 8.85. The predicted molar refractivity (Wildman–Crippen MR) is 78.2 cm³/mol. The highest BCUT2D eigenvalue weighted by Crippen LogP contribution is 2.17. The molecule has 0 aliphatic heterocycles. The molecule has 0 spiro atoms. The van der Waals surface area contributed by atoms with Gasteiger partial charge in [-0.25, -0.2) is 0 Å². The van der Waals surface area contributed by atoms with Gasteiger partial charge in [0.2, 0.25) is 0 Å². The van der Waals surface area contributed by atoms with E-state index in [2.05, 4.69) is 24.3 Å². The highest BCUT2D eigenvalue weighted by Gasteiger charge is 2.38. The summed E-state index contributed by atoms with van der Waals surface area (Å²) in [5, 5.41) is 1.23. The van der Waals surface area contributed by atoms with Gasteiger partial charge in [-0.2, -0.15) is 0 Å². The summed E-state index contributed by atoms with van der Waals surface area (Å²) in [5.41, 5.74) is 5.58. The van der Waals surface area contributed by atoms with E-state index in [1.54, 1.807) is 0 Å². The number of hydrogen-bond donors (Lipinski definition) is 1. The normalized spacial score (nSPS) is 11.7. The molecule has 0 amide bonds. The van der Waals surface area contributed by atoms with Crippen molar-refractivity contribution in [1.82, 2.24) is 0 Å². The average Bonchev–Trinajstić information content (AvgIpc) is 2.40. The molecule has 0 atom stereocenters. The number of unbranched alkanes of at least 4 members (excludes halogenated alkanes) is 1. The molecule has 2 N–H and O–H groups in total. The van der Waals surface area contributed by atoms with Crippen LogP contribution in [0.2, 0.25) is 6.04 Å². The first-order chi connectivity index (χ1) is 8.79. The van der Waals surface area contributed by atoms with E-state index in [1.165, 1.54) is 5.19 Å². The van der Waals surface area contributed by atoms with E-state index in [1.807, 2.05) is 19.9 Å². The van der Waals surface area contributed by atoms with Crippen LogP contribution in [0, 0.1) is 0 Å².